The minimum atomic E-state index is -1.08. The lowest BCUT2D eigenvalue weighted by Crippen LogP contribution is -2.30. The van der Waals surface area contributed by atoms with Crippen molar-refractivity contribution in [1.29, 1.82) is 0 Å². The lowest BCUT2D eigenvalue weighted by atomic mass is 10.2. The van der Waals surface area contributed by atoms with Crippen molar-refractivity contribution >= 4 is 40.8 Å². The number of ether oxygens (including phenoxy) is 1. The lowest BCUT2D eigenvalue weighted by Gasteiger charge is -2.14. The number of phenols is 1. The van der Waals surface area contributed by atoms with Crippen LogP contribution in [0.2, 0.25) is 10.0 Å². The van der Waals surface area contributed by atoms with E-state index >= 15 is 0 Å². The Kier molecular flexibility index (Phi) is 5.47. The number of hydrogen-bond acceptors (Lipinski definition) is 4. The molecule has 0 bridgehead atoms. The molecule has 1 amide bonds. The summed E-state index contributed by atoms with van der Waals surface area (Å²) in [4.78, 5) is 24.0. The number of esters is 1. The molecule has 0 aliphatic rings. The third-order valence-electron chi connectivity index (χ3n) is 2.96. The number of anilines is 1. The Balaban J connectivity index is 2.03. The first-order chi connectivity index (χ1) is 10.9. The number of amides is 1. The number of aromatic hydroxyl groups is 1. The van der Waals surface area contributed by atoms with Gasteiger partial charge in [-0.3, -0.25) is 4.79 Å². The first-order valence-electron chi connectivity index (χ1n) is 6.63. The van der Waals surface area contributed by atoms with Crippen LogP contribution in [0.1, 0.15) is 17.3 Å². The average Bonchev–Trinajstić information content (AvgIpc) is 2.49. The number of phenolic OH excluding ortho intramolecular Hbond substituents is 1. The quantitative estimate of drug-likeness (QED) is 0.817. The van der Waals surface area contributed by atoms with E-state index < -0.39 is 18.0 Å². The van der Waals surface area contributed by atoms with Crippen molar-refractivity contribution in [3.8, 4) is 5.75 Å². The Hall–Kier alpha value is -2.24. The minimum Gasteiger partial charge on any atom is -0.507 e. The summed E-state index contributed by atoms with van der Waals surface area (Å²) in [6, 6.07) is 10.7. The molecule has 0 aromatic heterocycles. The molecule has 23 heavy (non-hydrogen) atoms. The van der Waals surface area contributed by atoms with Gasteiger partial charge in [-0.25, -0.2) is 4.79 Å². The predicted octanol–water partition coefficient (Wildman–Crippen LogP) is 3.88. The molecule has 2 N–H and O–H groups in total. The fourth-order valence-electron chi connectivity index (χ4n) is 1.75. The third-order valence-corrected chi connectivity index (χ3v) is 3.53. The first-order valence-corrected chi connectivity index (χ1v) is 7.39. The number of carbonyl (C=O) groups is 2. The van der Waals surface area contributed by atoms with E-state index in [4.69, 9.17) is 27.9 Å². The Morgan fingerprint density at radius 3 is 2.52 bits per heavy atom. The van der Waals surface area contributed by atoms with E-state index in [-0.39, 0.29) is 16.3 Å². The Bertz CT molecular complexity index is 749. The van der Waals surface area contributed by atoms with Crippen molar-refractivity contribution < 1.29 is 19.4 Å². The van der Waals surface area contributed by atoms with Crippen molar-refractivity contribution in [2.45, 2.75) is 13.0 Å². The van der Waals surface area contributed by atoms with Gasteiger partial charge in [0.1, 0.15) is 11.3 Å². The van der Waals surface area contributed by atoms with E-state index in [0.29, 0.717) is 10.7 Å². The van der Waals surface area contributed by atoms with Crippen LogP contribution in [0.3, 0.4) is 0 Å². The number of para-hydroxylation sites is 1. The summed E-state index contributed by atoms with van der Waals surface area (Å²) < 4.78 is 5.03. The van der Waals surface area contributed by atoms with Crippen molar-refractivity contribution in [1.82, 2.24) is 0 Å². The molecule has 2 rings (SSSR count). The van der Waals surface area contributed by atoms with E-state index in [0.717, 1.165) is 0 Å². The Morgan fingerprint density at radius 1 is 1.17 bits per heavy atom. The maximum Gasteiger partial charge on any atom is 0.342 e. The molecular weight excluding hydrogens is 341 g/mol. The Morgan fingerprint density at radius 2 is 1.87 bits per heavy atom. The highest BCUT2D eigenvalue weighted by molar-refractivity contribution is 6.33. The van der Waals surface area contributed by atoms with Gasteiger partial charge in [0.2, 0.25) is 0 Å². The van der Waals surface area contributed by atoms with Crippen molar-refractivity contribution in [3.05, 3.63) is 58.1 Å². The van der Waals surface area contributed by atoms with Gasteiger partial charge in [0.25, 0.3) is 5.91 Å². The Labute approximate surface area is 142 Å². The number of nitrogens with one attached hydrogen (secondary N) is 1. The second-order valence-corrected chi connectivity index (χ2v) is 5.52. The van der Waals surface area contributed by atoms with Gasteiger partial charge in [-0.05, 0) is 37.3 Å². The van der Waals surface area contributed by atoms with Gasteiger partial charge in [0, 0.05) is 5.02 Å². The van der Waals surface area contributed by atoms with Gasteiger partial charge in [0.05, 0.1) is 10.7 Å². The van der Waals surface area contributed by atoms with Crippen molar-refractivity contribution in [3.63, 3.8) is 0 Å². The summed E-state index contributed by atoms with van der Waals surface area (Å²) >= 11 is 11.6. The summed E-state index contributed by atoms with van der Waals surface area (Å²) in [6.07, 6.45) is -1.08. The van der Waals surface area contributed by atoms with Crippen LogP contribution in [-0.2, 0) is 9.53 Å². The number of carbonyl (C=O) groups excluding carboxylic acids is 2. The second-order valence-electron chi connectivity index (χ2n) is 4.68. The van der Waals surface area contributed by atoms with Crippen molar-refractivity contribution in [2.24, 2.45) is 0 Å². The third kappa shape index (κ3) is 4.37. The smallest absolute Gasteiger partial charge is 0.342 e. The lowest BCUT2D eigenvalue weighted by molar-refractivity contribution is -0.123. The SMILES string of the molecule is C[C@H](OC(=O)c1ccc(Cl)cc1O)C(=O)Nc1ccccc1Cl. The molecule has 2 aromatic carbocycles. The largest absolute Gasteiger partial charge is 0.507 e. The van der Waals surface area contributed by atoms with Crippen molar-refractivity contribution in [2.75, 3.05) is 5.32 Å². The van der Waals surface area contributed by atoms with Gasteiger partial charge in [0.15, 0.2) is 6.10 Å². The van der Waals surface area contributed by atoms with Gasteiger partial charge in [-0.15, -0.1) is 0 Å². The van der Waals surface area contributed by atoms with E-state index in [2.05, 4.69) is 5.32 Å². The summed E-state index contributed by atoms with van der Waals surface area (Å²) in [7, 11) is 0. The van der Waals surface area contributed by atoms with E-state index in [1.54, 1.807) is 24.3 Å². The van der Waals surface area contributed by atoms with Crippen LogP contribution in [0.4, 0.5) is 5.69 Å². The van der Waals surface area contributed by atoms with Crippen LogP contribution >= 0.6 is 23.2 Å². The van der Waals surface area contributed by atoms with Crippen LogP contribution < -0.4 is 5.32 Å². The van der Waals surface area contributed by atoms with Crippen LogP contribution in [0.15, 0.2) is 42.5 Å². The summed E-state index contributed by atoms with van der Waals surface area (Å²) in [5.41, 5.74) is 0.336. The summed E-state index contributed by atoms with van der Waals surface area (Å²) in [5.74, 6) is -1.69. The van der Waals surface area contributed by atoms with Gasteiger partial charge in [-0.2, -0.15) is 0 Å². The molecule has 0 aliphatic heterocycles. The molecule has 0 radical (unpaired) electrons. The molecule has 1 atom stereocenters. The first kappa shape index (κ1) is 17.1. The van der Waals surface area contributed by atoms with Crippen LogP contribution in [0.25, 0.3) is 0 Å². The summed E-state index contributed by atoms with van der Waals surface area (Å²) in [5, 5.41) is 12.9. The topological polar surface area (TPSA) is 75.6 Å². The molecule has 0 spiro atoms. The molecule has 120 valence electrons. The minimum absolute atomic E-state index is 0.0770. The standard InChI is InChI=1S/C16H13Cl2NO4/c1-9(15(21)19-13-5-3-2-4-12(13)18)23-16(22)11-7-6-10(17)8-14(11)20/h2-9,20H,1H3,(H,19,21)/t9-/m0/s1. The van der Waals surface area contributed by atoms with E-state index in [1.807, 2.05) is 0 Å². The van der Waals surface area contributed by atoms with Gasteiger partial charge in [-0.1, -0.05) is 35.3 Å². The molecule has 0 saturated heterocycles. The molecule has 7 heteroatoms. The van der Waals surface area contributed by atoms with Crippen LogP contribution in [-0.4, -0.2) is 23.1 Å². The molecule has 0 aliphatic carbocycles. The monoisotopic (exact) mass is 353 g/mol. The maximum absolute atomic E-state index is 12.0. The van der Waals surface area contributed by atoms with Gasteiger partial charge >= 0.3 is 5.97 Å². The molecular formula is C16H13Cl2NO4. The highest BCUT2D eigenvalue weighted by Crippen LogP contribution is 2.24. The van der Waals surface area contributed by atoms with Gasteiger partial charge < -0.3 is 15.2 Å². The zero-order valence-corrected chi connectivity index (χ0v) is 13.6. The molecule has 5 nitrogen and oxygen atoms in total. The van der Waals surface area contributed by atoms with E-state index in [9.17, 15) is 14.7 Å². The van der Waals surface area contributed by atoms with Crippen LogP contribution in [0.5, 0.6) is 5.75 Å². The normalized spacial score (nSPS) is 11.6. The second kappa shape index (κ2) is 7.35. The highest BCUT2D eigenvalue weighted by Gasteiger charge is 2.21. The maximum atomic E-state index is 12.0. The summed E-state index contributed by atoms with van der Waals surface area (Å²) in [6.45, 7) is 1.41. The van der Waals surface area contributed by atoms with E-state index in [1.165, 1.54) is 25.1 Å². The molecule has 0 saturated carbocycles. The molecule has 0 heterocycles. The average molecular weight is 354 g/mol. The zero-order chi connectivity index (χ0) is 17.0. The number of benzene rings is 2. The number of hydrogen-bond donors (Lipinski definition) is 2. The highest BCUT2D eigenvalue weighted by atomic mass is 35.5. The van der Waals surface area contributed by atoms with Crippen LogP contribution in [0, 0.1) is 0 Å². The molecule has 2 aromatic rings. The number of halogens is 2. The zero-order valence-electron chi connectivity index (χ0n) is 12.0. The fraction of sp³-hybridized carbons (Fsp3) is 0.125. The number of rotatable bonds is 4. The fourth-order valence-corrected chi connectivity index (χ4v) is 2.10. The molecule has 0 fully saturated rings. The molecule has 0 unspecified atom stereocenters. The predicted molar refractivity (Wildman–Crippen MR) is 88.1 cm³/mol.